The Morgan fingerprint density at radius 1 is 1.38 bits per heavy atom. The van der Waals surface area contributed by atoms with Crippen LogP contribution in [0.3, 0.4) is 0 Å². The molecule has 0 spiro atoms. The van der Waals surface area contributed by atoms with E-state index in [2.05, 4.69) is 20.0 Å². The molecule has 9 nitrogen and oxygen atoms in total. The molecular weight excluding hydrogens is 386 g/mol. The second kappa shape index (κ2) is 8.50. The van der Waals surface area contributed by atoms with Crippen LogP contribution in [0.2, 0.25) is 0 Å². The largest absolute Gasteiger partial charge is 0.443 e. The second-order valence-corrected chi connectivity index (χ2v) is 6.00. The number of nitrogens with zero attached hydrogens (tertiary/aromatic N) is 4. The number of aromatic nitrogens is 1. The Hall–Kier alpha value is -3.76. The number of rotatable bonds is 5. The van der Waals surface area contributed by atoms with Gasteiger partial charge in [0.15, 0.2) is 17.6 Å². The number of hydrogen-bond acceptors (Lipinski definition) is 6. The summed E-state index contributed by atoms with van der Waals surface area (Å²) in [6.45, 7) is -0.147. The molecule has 0 saturated carbocycles. The Balaban J connectivity index is 1.71. The highest BCUT2D eigenvalue weighted by Crippen LogP contribution is 2.29. The molecule has 1 aromatic carbocycles. The van der Waals surface area contributed by atoms with Gasteiger partial charge >= 0.3 is 6.09 Å². The van der Waals surface area contributed by atoms with Crippen molar-refractivity contribution in [3.8, 4) is 11.1 Å². The Kier molecular flexibility index (Phi) is 4.75. The molecule has 0 atom stereocenters. The van der Waals surface area contributed by atoms with Crippen molar-refractivity contribution in [1.29, 1.82) is 0 Å². The van der Waals surface area contributed by atoms with Crippen LogP contribution in [0.4, 0.5) is 19.4 Å². The first-order chi connectivity index (χ1) is 15.0. The highest BCUT2D eigenvalue weighted by Gasteiger charge is 2.26. The maximum absolute atomic E-state index is 14.9. The van der Waals surface area contributed by atoms with Gasteiger partial charge in [0, 0.05) is 22.9 Å². The lowest BCUT2D eigenvalue weighted by atomic mass is 10.0. The van der Waals surface area contributed by atoms with Crippen molar-refractivity contribution in [3.05, 3.63) is 47.7 Å². The average Bonchev–Trinajstić information content (AvgIpc) is 2.65. The molecule has 0 aliphatic carbocycles. The molecule has 0 unspecified atom stereocenters. The number of ether oxygens (including phenoxy) is 1. The summed E-state index contributed by atoms with van der Waals surface area (Å²) in [4.78, 5) is 24.5. The van der Waals surface area contributed by atoms with Gasteiger partial charge in [0.2, 0.25) is 0 Å². The minimum atomic E-state index is -2.65. The number of nitrogens with two attached hydrogens (primary N) is 2. The van der Waals surface area contributed by atoms with Gasteiger partial charge in [0.25, 0.3) is 0 Å². The van der Waals surface area contributed by atoms with E-state index in [-0.39, 0.29) is 35.6 Å². The summed E-state index contributed by atoms with van der Waals surface area (Å²) in [5, 5.41) is 3.49. The fourth-order valence-corrected chi connectivity index (χ4v) is 2.67. The highest BCUT2D eigenvalue weighted by molar-refractivity contribution is 5.99. The Labute approximate surface area is 168 Å². The van der Waals surface area contributed by atoms with Crippen LogP contribution in [-0.2, 0) is 16.2 Å². The molecular formula is C18H18F2N6O3. The van der Waals surface area contributed by atoms with Crippen molar-refractivity contribution >= 4 is 23.6 Å². The summed E-state index contributed by atoms with van der Waals surface area (Å²) in [6.07, 6.45) is 0.216. The molecule has 152 valence electrons. The normalized spacial score (nSPS) is 14.8. The van der Waals surface area contributed by atoms with Crippen molar-refractivity contribution in [3.63, 3.8) is 0 Å². The van der Waals surface area contributed by atoms with Gasteiger partial charge in [-0.15, -0.1) is 4.99 Å². The zero-order chi connectivity index (χ0) is 23.5. The number of carbonyl (C=O) groups is 1. The number of aliphatic imine (C=N–C) groups is 1. The van der Waals surface area contributed by atoms with Crippen LogP contribution in [-0.4, -0.2) is 42.9 Å². The van der Waals surface area contributed by atoms with Crippen LogP contribution in [0.15, 0.2) is 40.6 Å². The minimum absolute atomic E-state index is 0.00399. The topological polar surface area (TPSA) is 128 Å². The van der Waals surface area contributed by atoms with Gasteiger partial charge in [-0.3, -0.25) is 0 Å². The summed E-state index contributed by atoms with van der Waals surface area (Å²) in [5.41, 5.74) is 10.8. The van der Waals surface area contributed by atoms with Gasteiger partial charge < -0.3 is 25.9 Å². The smallest absolute Gasteiger partial charge is 0.437 e. The summed E-state index contributed by atoms with van der Waals surface area (Å²) >= 11 is 0. The third kappa shape index (κ3) is 4.57. The third-order valence-corrected chi connectivity index (χ3v) is 4.00. The van der Waals surface area contributed by atoms with Gasteiger partial charge in [-0.2, -0.15) is 0 Å². The number of carbonyl (C=O) groups excluding carboxylic acids is 1. The maximum atomic E-state index is 14.9. The van der Waals surface area contributed by atoms with E-state index < -0.39 is 37.3 Å². The summed E-state index contributed by atoms with van der Waals surface area (Å²) in [7, 11) is -2.65. The summed E-state index contributed by atoms with van der Waals surface area (Å²) in [6, 6.07) is 5.44. The molecule has 1 fully saturated rings. The quantitative estimate of drug-likeness (QED) is 0.439. The lowest BCUT2D eigenvalue weighted by molar-refractivity contribution is 0.149. The molecule has 4 N–H and O–H groups in total. The Morgan fingerprint density at radius 2 is 2.17 bits per heavy atom. The van der Waals surface area contributed by atoms with E-state index in [1.165, 1.54) is 29.3 Å². The minimum Gasteiger partial charge on any atom is -0.443 e. The highest BCUT2D eigenvalue weighted by atomic mass is 19.1. The lowest BCUT2D eigenvalue weighted by Crippen LogP contribution is -2.48. The number of anilines is 1. The zero-order valence-electron chi connectivity index (χ0n) is 17.9. The number of halogens is 2. The molecule has 1 aliphatic rings. The predicted molar refractivity (Wildman–Crippen MR) is 102 cm³/mol. The maximum Gasteiger partial charge on any atom is 0.437 e. The van der Waals surface area contributed by atoms with E-state index >= 15 is 0 Å². The second-order valence-electron chi connectivity index (χ2n) is 6.00. The average molecular weight is 407 g/mol. The standard InChI is InChI=1S/C18H18F2N6O3/c1-28-25-12-7-26(8-12)16-14(19)5-11(6-23-16)13-4-2-3-10(15(13)20)9-29-18(27)24-17(21)22/h2-6H,7-9H2,1H3,(H4,21,22,24,27)/i1D3. The number of oxime groups is 1. The van der Waals surface area contributed by atoms with Gasteiger partial charge in [-0.1, -0.05) is 23.4 Å². The van der Waals surface area contributed by atoms with E-state index in [9.17, 15) is 13.6 Å². The summed E-state index contributed by atoms with van der Waals surface area (Å²) in [5.74, 6) is -1.91. The fourth-order valence-electron chi connectivity index (χ4n) is 2.67. The van der Waals surface area contributed by atoms with Gasteiger partial charge in [0.1, 0.15) is 19.5 Å². The van der Waals surface area contributed by atoms with Gasteiger partial charge in [-0.05, 0) is 6.07 Å². The van der Waals surface area contributed by atoms with Crippen molar-refractivity contribution in [2.75, 3.05) is 25.0 Å². The Bertz CT molecular complexity index is 1080. The molecule has 1 aromatic heterocycles. The van der Waals surface area contributed by atoms with E-state index in [0.29, 0.717) is 5.71 Å². The Morgan fingerprint density at radius 3 is 2.86 bits per heavy atom. The van der Waals surface area contributed by atoms with E-state index in [1.807, 2.05) is 0 Å². The van der Waals surface area contributed by atoms with Crippen LogP contribution < -0.4 is 16.4 Å². The number of hydrogen-bond donors (Lipinski definition) is 2. The molecule has 3 rings (SSSR count). The van der Waals surface area contributed by atoms with E-state index in [1.54, 1.807) is 0 Å². The molecule has 1 saturated heterocycles. The summed E-state index contributed by atoms with van der Waals surface area (Å²) < 4.78 is 55.1. The number of benzene rings is 1. The fraction of sp³-hybridized carbons (Fsp3) is 0.222. The van der Waals surface area contributed by atoms with Crippen LogP contribution in [0.25, 0.3) is 11.1 Å². The predicted octanol–water partition coefficient (Wildman–Crippen LogP) is 1.76. The van der Waals surface area contributed by atoms with Crippen molar-refractivity contribution in [2.45, 2.75) is 6.61 Å². The van der Waals surface area contributed by atoms with E-state index in [4.69, 9.17) is 20.3 Å². The monoisotopic (exact) mass is 407 g/mol. The molecule has 11 heteroatoms. The van der Waals surface area contributed by atoms with Crippen LogP contribution in [0, 0.1) is 11.6 Å². The van der Waals surface area contributed by atoms with Gasteiger partial charge in [-0.25, -0.2) is 18.6 Å². The van der Waals surface area contributed by atoms with Gasteiger partial charge in [0.05, 0.1) is 22.9 Å². The SMILES string of the molecule is [2H]C([2H])([2H])ON=C1CN(c2ncc(-c3cccc(COC(=O)N=C(N)N)c3F)cc2F)C1. The first kappa shape index (κ1) is 16.2. The molecule has 2 aromatic rings. The number of amides is 1. The molecule has 2 heterocycles. The van der Waals surface area contributed by atoms with E-state index in [0.717, 1.165) is 6.07 Å². The number of pyridine rings is 1. The van der Waals surface area contributed by atoms with Crippen molar-refractivity contribution in [2.24, 2.45) is 21.6 Å². The van der Waals surface area contributed by atoms with Crippen molar-refractivity contribution < 1.29 is 27.3 Å². The molecule has 0 radical (unpaired) electrons. The van der Waals surface area contributed by atoms with Crippen LogP contribution >= 0.6 is 0 Å². The van der Waals surface area contributed by atoms with Crippen LogP contribution in [0.1, 0.15) is 9.68 Å². The first-order valence-electron chi connectivity index (χ1n) is 9.72. The molecule has 1 amide bonds. The molecule has 1 aliphatic heterocycles. The lowest BCUT2D eigenvalue weighted by Gasteiger charge is -2.33. The molecule has 0 bridgehead atoms. The van der Waals surface area contributed by atoms with Crippen molar-refractivity contribution in [1.82, 2.24) is 4.98 Å². The zero-order valence-corrected chi connectivity index (χ0v) is 14.9. The number of guanidine groups is 1. The van der Waals surface area contributed by atoms with Crippen LogP contribution in [0.5, 0.6) is 0 Å². The first-order valence-corrected chi connectivity index (χ1v) is 8.22. The molecule has 29 heavy (non-hydrogen) atoms. The third-order valence-electron chi connectivity index (χ3n) is 4.00.